The van der Waals surface area contributed by atoms with Gasteiger partial charge in [0.1, 0.15) is 6.61 Å². The number of benzene rings is 1. The molecule has 0 aliphatic carbocycles. The standard InChI is InChI=1S/C24H37ClN2O4/c1-3-4-5-6-7-8-9-12-27-13-10-17(11-14-27)18-15-19(25)20(26)22-21(18)30-16-24(2,31-22)23(28)29/h15,17H,3-14,16,26H2,1-2H3,(H,28,29). The quantitative estimate of drug-likeness (QED) is 0.362. The molecule has 2 heterocycles. The minimum Gasteiger partial charge on any atom is -0.484 e. The maximum atomic E-state index is 11.6. The van der Waals surface area contributed by atoms with E-state index in [-0.39, 0.29) is 18.0 Å². The number of halogens is 1. The van der Waals surface area contributed by atoms with E-state index in [1.165, 1.54) is 51.9 Å². The average Bonchev–Trinajstić information content (AvgIpc) is 2.76. The fourth-order valence-corrected chi connectivity index (χ4v) is 4.73. The fourth-order valence-electron chi connectivity index (χ4n) is 4.53. The first-order valence-electron chi connectivity index (χ1n) is 11.7. The van der Waals surface area contributed by atoms with E-state index in [1.807, 2.05) is 6.07 Å². The Hall–Kier alpha value is -1.66. The van der Waals surface area contributed by atoms with Crippen LogP contribution in [0, 0.1) is 0 Å². The zero-order valence-electron chi connectivity index (χ0n) is 18.9. The third-order valence-corrected chi connectivity index (χ3v) is 6.94. The summed E-state index contributed by atoms with van der Waals surface area (Å²) >= 11 is 6.38. The Labute approximate surface area is 191 Å². The number of hydrogen-bond donors (Lipinski definition) is 2. The Morgan fingerprint density at radius 1 is 1.19 bits per heavy atom. The lowest BCUT2D eigenvalue weighted by atomic mass is 9.87. The summed E-state index contributed by atoms with van der Waals surface area (Å²) in [5.41, 5.74) is 5.87. The van der Waals surface area contributed by atoms with Gasteiger partial charge in [-0.3, -0.25) is 0 Å². The Kier molecular flexibility index (Phi) is 8.34. The van der Waals surface area contributed by atoms with Crippen molar-refractivity contribution in [2.24, 2.45) is 0 Å². The van der Waals surface area contributed by atoms with E-state index in [0.29, 0.717) is 16.7 Å². The van der Waals surface area contributed by atoms with Gasteiger partial charge in [0.05, 0.1) is 10.7 Å². The van der Waals surface area contributed by atoms with E-state index in [1.54, 1.807) is 0 Å². The van der Waals surface area contributed by atoms with Crippen molar-refractivity contribution < 1.29 is 19.4 Å². The lowest BCUT2D eigenvalue weighted by molar-refractivity contribution is -0.158. The van der Waals surface area contributed by atoms with Crippen molar-refractivity contribution in [2.75, 3.05) is 32.0 Å². The number of nitrogens with two attached hydrogens (primary N) is 1. The van der Waals surface area contributed by atoms with E-state index in [4.69, 9.17) is 26.8 Å². The molecule has 0 bridgehead atoms. The van der Waals surface area contributed by atoms with E-state index >= 15 is 0 Å². The molecule has 0 amide bonds. The zero-order chi connectivity index (χ0) is 22.4. The van der Waals surface area contributed by atoms with Crippen molar-refractivity contribution in [3.8, 4) is 11.5 Å². The molecule has 1 aromatic carbocycles. The number of piperidine rings is 1. The highest BCUT2D eigenvalue weighted by Crippen LogP contribution is 2.49. The van der Waals surface area contributed by atoms with Gasteiger partial charge in [0.15, 0.2) is 11.5 Å². The predicted octanol–water partition coefficient (Wildman–Crippen LogP) is 5.47. The molecule has 0 spiro atoms. The number of unbranched alkanes of at least 4 members (excludes halogenated alkanes) is 6. The number of nitrogen functional groups attached to an aromatic ring is 1. The number of hydrogen-bond acceptors (Lipinski definition) is 5. The minimum absolute atomic E-state index is 0.0551. The van der Waals surface area contributed by atoms with Crippen LogP contribution in [0.15, 0.2) is 6.07 Å². The molecule has 7 heteroatoms. The van der Waals surface area contributed by atoms with Crippen LogP contribution in [-0.4, -0.2) is 47.8 Å². The monoisotopic (exact) mass is 452 g/mol. The van der Waals surface area contributed by atoms with Crippen LogP contribution in [0.25, 0.3) is 0 Å². The van der Waals surface area contributed by atoms with Gasteiger partial charge in [0, 0.05) is 5.56 Å². The first-order chi connectivity index (χ1) is 14.9. The predicted molar refractivity (Wildman–Crippen MR) is 124 cm³/mol. The molecule has 1 aromatic rings. The van der Waals surface area contributed by atoms with Gasteiger partial charge in [0.25, 0.3) is 0 Å². The summed E-state index contributed by atoms with van der Waals surface area (Å²) < 4.78 is 11.7. The van der Waals surface area contributed by atoms with Gasteiger partial charge < -0.3 is 25.2 Å². The molecule has 1 saturated heterocycles. The lowest BCUT2D eigenvalue weighted by Gasteiger charge is -2.37. The number of carboxylic acid groups (broad SMARTS) is 1. The molecule has 1 atom stereocenters. The van der Waals surface area contributed by atoms with Crippen molar-refractivity contribution in [1.29, 1.82) is 0 Å². The molecular formula is C24H37ClN2O4. The fraction of sp³-hybridized carbons (Fsp3) is 0.708. The van der Waals surface area contributed by atoms with Crippen molar-refractivity contribution in [1.82, 2.24) is 4.90 Å². The van der Waals surface area contributed by atoms with E-state index < -0.39 is 11.6 Å². The molecule has 2 aliphatic heterocycles. The van der Waals surface area contributed by atoms with Crippen LogP contribution in [0.1, 0.15) is 83.1 Å². The minimum atomic E-state index is -1.47. The Bertz CT molecular complexity index is 764. The second kappa shape index (κ2) is 10.8. The summed E-state index contributed by atoms with van der Waals surface area (Å²) in [6.07, 6.45) is 11.4. The molecule has 2 aliphatic rings. The molecule has 1 fully saturated rings. The SMILES string of the molecule is CCCCCCCCCN1CCC(c2cc(Cl)c(N)c3c2OCC(C)(C(=O)O)O3)CC1. The smallest absolute Gasteiger partial charge is 0.351 e. The summed E-state index contributed by atoms with van der Waals surface area (Å²) in [5, 5.41) is 9.88. The second-order valence-electron chi connectivity index (χ2n) is 9.18. The zero-order valence-corrected chi connectivity index (χ0v) is 19.7. The molecule has 3 rings (SSSR count). The van der Waals surface area contributed by atoms with Gasteiger partial charge in [0.2, 0.25) is 5.60 Å². The third-order valence-electron chi connectivity index (χ3n) is 6.63. The Balaban J connectivity index is 1.57. The largest absolute Gasteiger partial charge is 0.484 e. The van der Waals surface area contributed by atoms with E-state index in [2.05, 4.69) is 11.8 Å². The van der Waals surface area contributed by atoms with Crippen LogP contribution >= 0.6 is 11.6 Å². The number of carboxylic acids is 1. The van der Waals surface area contributed by atoms with Gasteiger partial charge >= 0.3 is 5.97 Å². The summed E-state index contributed by atoms with van der Waals surface area (Å²) in [6, 6.07) is 1.87. The Morgan fingerprint density at radius 2 is 1.84 bits per heavy atom. The maximum Gasteiger partial charge on any atom is 0.351 e. The highest BCUT2D eigenvalue weighted by Gasteiger charge is 2.43. The summed E-state index contributed by atoms with van der Waals surface area (Å²) in [6.45, 7) is 6.94. The third kappa shape index (κ3) is 5.78. The normalized spacial score (nSPS) is 21.9. The van der Waals surface area contributed by atoms with Crippen LogP contribution in [0.4, 0.5) is 5.69 Å². The molecule has 0 aromatic heterocycles. The number of fused-ring (bicyclic) bond motifs is 1. The van der Waals surface area contributed by atoms with Gasteiger partial charge in [-0.05, 0) is 57.8 Å². The summed E-state index contributed by atoms with van der Waals surface area (Å²) in [5.74, 6) is 0.0444. The molecule has 0 saturated carbocycles. The summed E-state index contributed by atoms with van der Waals surface area (Å²) in [4.78, 5) is 14.1. The summed E-state index contributed by atoms with van der Waals surface area (Å²) in [7, 11) is 0. The Morgan fingerprint density at radius 3 is 2.48 bits per heavy atom. The van der Waals surface area contributed by atoms with Crippen molar-refractivity contribution in [3.63, 3.8) is 0 Å². The van der Waals surface area contributed by atoms with E-state index in [0.717, 1.165) is 38.0 Å². The molecule has 31 heavy (non-hydrogen) atoms. The van der Waals surface area contributed by atoms with Crippen LogP contribution in [0.2, 0.25) is 5.02 Å². The van der Waals surface area contributed by atoms with Crippen molar-refractivity contribution in [3.05, 3.63) is 16.7 Å². The number of carbonyl (C=O) groups is 1. The maximum absolute atomic E-state index is 11.6. The van der Waals surface area contributed by atoms with Crippen LogP contribution in [0.3, 0.4) is 0 Å². The van der Waals surface area contributed by atoms with Crippen molar-refractivity contribution >= 4 is 23.3 Å². The highest BCUT2D eigenvalue weighted by atomic mass is 35.5. The first kappa shape index (κ1) is 24.0. The van der Waals surface area contributed by atoms with Crippen molar-refractivity contribution in [2.45, 2.75) is 83.2 Å². The average molecular weight is 453 g/mol. The van der Waals surface area contributed by atoms with Gasteiger partial charge in [-0.15, -0.1) is 0 Å². The number of aliphatic carboxylic acids is 1. The number of nitrogens with zero attached hydrogens (tertiary/aromatic N) is 1. The number of ether oxygens (including phenoxy) is 2. The highest BCUT2D eigenvalue weighted by molar-refractivity contribution is 6.33. The number of rotatable bonds is 10. The topological polar surface area (TPSA) is 85.0 Å². The van der Waals surface area contributed by atoms with Crippen LogP contribution in [-0.2, 0) is 4.79 Å². The van der Waals surface area contributed by atoms with Crippen LogP contribution in [0.5, 0.6) is 11.5 Å². The second-order valence-corrected chi connectivity index (χ2v) is 9.59. The van der Waals surface area contributed by atoms with E-state index in [9.17, 15) is 9.90 Å². The van der Waals surface area contributed by atoms with Gasteiger partial charge in [-0.2, -0.15) is 0 Å². The molecule has 174 valence electrons. The number of likely N-dealkylation sites (tertiary alicyclic amines) is 1. The van der Waals surface area contributed by atoms with Crippen LogP contribution < -0.4 is 15.2 Å². The molecule has 6 nitrogen and oxygen atoms in total. The lowest BCUT2D eigenvalue weighted by Crippen LogP contribution is -2.49. The molecule has 3 N–H and O–H groups in total. The van der Waals surface area contributed by atoms with Gasteiger partial charge in [-0.1, -0.05) is 57.0 Å². The molecule has 1 unspecified atom stereocenters. The van der Waals surface area contributed by atoms with Gasteiger partial charge in [-0.25, -0.2) is 4.79 Å². The molecule has 0 radical (unpaired) electrons. The first-order valence-corrected chi connectivity index (χ1v) is 12.1. The number of anilines is 1. The molecular weight excluding hydrogens is 416 g/mol.